The molecule has 0 spiro atoms. The molecule has 1 aliphatic heterocycles. The number of hydrogen-bond acceptors (Lipinski definition) is 7. The van der Waals surface area contributed by atoms with Crippen molar-refractivity contribution in [2.75, 3.05) is 30.7 Å². The molecule has 2 aromatic heterocycles. The maximum atomic E-state index is 12.5. The zero-order valence-corrected chi connectivity index (χ0v) is 14.6. The van der Waals surface area contributed by atoms with Crippen LogP contribution < -0.4 is 11.1 Å². The van der Waals surface area contributed by atoms with E-state index in [2.05, 4.69) is 25.4 Å². The lowest BCUT2D eigenvalue weighted by molar-refractivity contribution is -0.121. The van der Waals surface area contributed by atoms with Gasteiger partial charge in [0, 0.05) is 25.2 Å². The van der Waals surface area contributed by atoms with Gasteiger partial charge in [-0.3, -0.25) is 4.79 Å². The van der Waals surface area contributed by atoms with E-state index in [-0.39, 0.29) is 11.8 Å². The number of nitrogen functional groups attached to an aromatic ring is 1. The molecule has 1 unspecified atom stereocenters. The number of anilines is 2. The summed E-state index contributed by atoms with van der Waals surface area (Å²) in [6.07, 6.45) is 2.76. The van der Waals surface area contributed by atoms with Crippen LogP contribution in [0.5, 0.6) is 0 Å². The predicted octanol–water partition coefficient (Wildman–Crippen LogP) is 1.72. The monoisotopic (exact) mass is 346 g/mol. The Balaban J connectivity index is 1.51. The lowest BCUT2D eigenvalue weighted by Gasteiger charge is -2.31. The SMILES string of the molecule is Cc1cccc(NC(=O)C2CCCN(CCc3nnc(N)s3)C2)n1. The summed E-state index contributed by atoms with van der Waals surface area (Å²) in [5.41, 5.74) is 6.50. The lowest BCUT2D eigenvalue weighted by atomic mass is 9.97. The van der Waals surface area contributed by atoms with Gasteiger partial charge >= 0.3 is 0 Å². The maximum absolute atomic E-state index is 12.5. The van der Waals surface area contributed by atoms with Gasteiger partial charge in [0.05, 0.1) is 5.92 Å². The smallest absolute Gasteiger partial charge is 0.229 e. The summed E-state index contributed by atoms with van der Waals surface area (Å²) in [5, 5.41) is 12.3. The molecule has 1 aliphatic rings. The van der Waals surface area contributed by atoms with Crippen LogP contribution in [0.3, 0.4) is 0 Å². The minimum Gasteiger partial charge on any atom is -0.374 e. The minimum absolute atomic E-state index is 0.000511. The van der Waals surface area contributed by atoms with Gasteiger partial charge in [-0.15, -0.1) is 10.2 Å². The fraction of sp³-hybridized carbons (Fsp3) is 0.500. The highest BCUT2D eigenvalue weighted by Crippen LogP contribution is 2.19. The molecule has 2 aromatic rings. The Morgan fingerprint density at radius 2 is 2.33 bits per heavy atom. The maximum Gasteiger partial charge on any atom is 0.229 e. The molecule has 8 heteroatoms. The Bertz CT molecular complexity index is 703. The second kappa shape index (κ2) is 7.67. The summed E-state index contributed by atoms with van der Waals surface area (Å²) in [7, 11) is 0. The number of aryl methyl sites for hydroxylation is 1. The summed E-state index contributed by atoms with van der Waals surface area (Å²) in [5.74, 6) is 0.681. The molecular weight excluding hydrogens is 324 g/mol. The number of piperidine rings is 1. The van der Waals surface area contributed by atoms with Crippen molar-refractivity contribution in [3.63, 3.8) is 0 Å². The summed E-state index contributed by atoms with van der Waals surface area (Å²) >= 11 is 1.43. The van der Waals surface area contributed by atoms with Crippen molar-refractivity contribution in [2.45, 2.75) is 26.2 Å². The second-order valence-corrected chi connectivity index (χ2v) is 7.17. The van der Waals surface area contributed by atoms with Gasteiger partial charge < -0.3 is 16.0 Å². The first kappa shape index (κ1) is 16.8. The molecule has 3 heterocycles. The molecule has 1 amide bonds. The molecule has 0 aromatic carbocycles. The quantitative estimate of drug-likeness (QED) is 0.855. The molecule has 128 valence electrons. The molecule has 0 aliphatic carbocycles. The van der Waals surface area contributed by atoms with Crippen LogP contribution in [0.15, 0.2) is 18.2 Å². The summed E-state index contributed by atoms with van der Waals surface area (Å²) in [6.45, 7) is 4.58. The standard InChI is InChI=1S/C16H22N6OS/c1-11-4-2-6-13(18-11)19-15(23)12-5-3-8-22(10-12)9-7-14-20-21-16(17)24-14/h2,4,6,12H,3,5,7-10H2,1H3,(H2,17,21)(H,18,19,23). The van der Waals surface area contributed by atoms with E-state index in [1.807, 2.05) is 25.1 Å². The first-order valence-electron chi connectivity index (χ1n) is 8.15. The average Bonchev–Trinajstić information content (AvgIpc) is 2.99. The number of nitrogens with zero attached hydrogens (tertiary/aromatic N) is 4. The molecule has 1 atom stereocenters. The van der Waals surface area contributed by atoms with Gasteiger partial charge in [-0.2, -0.15) is 0 Å². The second-order valence-electron chi connectivity index (χ2n) is 6.08. The minimum atomic E-state index is 0.000511. The van der Waals surface area contributed by atoms with Crippen LogP contribution in [-0.4, -0.2) is 45.6 Å². The molecule has 0 bridgehead atoms. The topological polar surface area (TPSA) is 97.0 Å². The van der Waals surface area contributed by atoms with Crippen molar-refractivity contribution in [2.24, 2.45) is 5.92 Å². The number of rotatable bonds is 5. The van der Waals surface area contributed by atoms with Gasteiger partial charge in [-0.25, -0.2) is 4.98 Å². The van der Waals surface area contributed by atoms with E-state index in [0.717, 1.165) is 49.6 Å². The molecular formula is C16H22N6OS. The number of aromatic nitrogens is 3. The fourth-order valence-corrected chi connectivity index (χ4v) is 3.53. The van der Waals surface area contributed by atoms with Gasteiger partial charge in [0.25, 0.3) is 0 Å². The van der Waals surface area contributed by atoms with Crippen LogP contribution in [0, 0.1) is 12.8 Å². The van der Waals surface area contributed by atoms with Crippen molar-refractivity contribution in [3.8, 4) is 0 Å². The first-order valence-corrected chi connectivity index (χ1v) is 8.96. The van der Waals surface area contributed by atoms with Gasteiger partial charge in [0.2, 0.25) is 11.0 Å². The highest BCUT2D eigenvalue weighted by atomic mass is 32.1. The van der Waals surface area contributed by atoms with E-state index in [1.54, 1.807) is 0 Å². The van der Waals surface area contributed by atoms with Crippen LogP contribution in [0.2, 0.25) is 0 Å². The Labute approximate surface area is 145 Å². The highest BCUT2D eigenvalue weighted by Gasteiger charge is 2.26. The average molecular weight is 346 g/mol. The summed E-state index contributed by atoms with van der Waals surface area (Å²) < 4.78 is 0. The van der Waals surface area contributed by atoms with E-state index in [4.69, 9.17) is 5.73 Å². The number of nitrogens with one attached hydrogen (secondary N) is 1. The highest BCUT2D eigenvalue weighted by molar-refractivity contribution is 7.15. The molecule has 7 nitrogen and oxygen atoms in total. The van der Waals surface area contributed by atoms with Crippen LogP contribution in [-0.2, 0) is 11.2 Å². The van der Waals surface area contributed by atoms with E-state index < -0.39 is 0 Å². The van der Waals surface area contributed by atoms with Gasteiger partial charge in [-0.05, 0) is 38.4 Å². The Morgan fingerprint density at radius 3 is 3.08 bits per heavy atom. The van der Waals surface area contributed by atoms with Gasteiger partial charge in [0.1, 0.15) is 10.8 Å². The lowest BCUT2D eigenvalue weighted by Crippen LogP contribution is -2.41. The summed E-state index contributed by atoms with van der Waals surface area (Å²) in [4.78, 5) is 19.1. The van der Waals surface area contributed by atoms with Crippen LogP contribution in [0.4, 0.5) is 10.9 Å². The van der Waals surface area contributed by atoms with Crippen molar-refractivity contribution in [1.82, 2.24) is 20.1 Å². The summed E-state index contributed by atoms with van der Waals surface area (Å²) in [6, 6.07) is 5.64. The number of hydrogen-bond donors (Lipinski definition) is 2. The molecule has 0 saturated carbocycles. The van der Waals surface area contributed by atoms with Crippen LogP contribution in [0.25, 0.3) is 0 Å². The van der Waals surface area contributed by atoms with Crippen molar-refractivity contribution >= 4 is 28.2 Å². The molecule has 24 heavy (non-hydrogen) atoms. The van der Waals surface area contributed by atoms with E-state index in [0.29, 0.717) is 10.9 Å². The van der Waals surface area contributed by atoms with Gasteiger partial charge in [0.15, 0.2) is 0 Å². The third kappa shape index (κ3) is 4.48. The zero-order valence-electron chi connectivity index (χ0n) is 13.7. The Kier molecular flexibility index (Phi) is 5.37. The number of carbonyl (C=O) groups excluding carboxylic acids is 1. The number of carbonyl (C=O) groups is 1. The van der Waals surface area contributed by atoms with E-state index in [9.17, 15) is 4.79 Å². The van der Waals surface area contributed by atoms with Crippen LogP contribution in [0.1, 0.15) is 23.5 Å². The van der Waals surface area contributed by atoms with Crippen molar-refractivity contribution in [3.05, 3.63) is 28.9 Å². The predicted molar refractivity (Wildman–Crippen MR) is 94.8 cm³/mol. The van der Waals surface area contributed by atoms with Crippen LogP contribution >= 0.6 is 11.3 Å². The number of amides is 1. The Morgan fingerprint density at radius 1 is 1.46 bits per heavy atom. The Hall–Kier alpha value is -2.06. The van der Waals surface area contributed by atoms with Gasteiger partial charge in [-0.1, -0.05) is 17.4 Å². The molecule has 3 N–H and O–H groups in total. The molecule has 3 rings (SSSR count). The van der Waals surface area contributed by atoms with Crippen molar-refractivity contribution in [1.29, 1.82) is 0 Å². The number of nitrogens with two attached hydrogens (primary N) is 1. The third-order valence-corrected chi connectivity index (χ3v) is 4.95. The fourth-order valence-electron chi connectivity index (χ4n) is 2.93. The molecule has 1 fully saturated rings. The largest absolute Gasteiger partial charge is 0.374 e. The van der Waals surface area contributed by atoms with E-state index >= 15 is 0 Å². The third-order valence-electron chi connectivity index (χ3n) is 4.14. The molecule has 0 radical (unpaired) electrons. The first-order chi connectivity index (χ1) is 11.6. The molecule has 1 saturated heterocycles. The number of likely N-dealkylation sites (tertiary alicyclic amines) is 1. The normalized spacial score (nSPS) is 18.5. The zero-order chi connectivity index (χ0) is 16.9. The van der Waals surface area contributed by atoms with E-state index in [1.165, 1.54) is 11.3 Å². The van der Waals surface area contributed by atoms with Crippen molar-refractivity contribution < 1.29 is 4.79 Å². The number of pyridine rings is 1.